The molecule has 0 aliphatic rings. The van der Waals surface area contributed by atoms with E-state index in [-0.39, 0.29) is 11.6 Å². The van der Waals surface area contributed by atoms with Crippen LogP contribution in [0.2, 0.25) is 0 Å². The minimum absolute atomic E-state index is 0.158. The second-order valence-electron chi connectivity index (χ2n) is 10.3. The smallest absolute Gasteiger partial charge is 0.259 e. The van der Waals surface area contributed by atoms with Crippen LogP contribution in [0.1, 0.15) is 123 Å². The first-order valence-corrected chi connectivity index (χ1v) is 14.2. The molecule has 0 aliphatic carbocycles. The Labute approximate surface area is 207 Å². The van der Waals surface area contributed by atoms with Gasteiger partial charge in [-0.1, -0.05) is 141 Å². The Bertz CT molecular complexity index is 1010. The molecule has 2 heteroatoms. The summed E-state index contributed by atoms with van der Waals surface area (Å²) in [5.41, 5.74) is 0.158. The number of hydrogen-bond acceptors (Lipinski definition) is 1. The van der Waals surface area contributed by atoms with Crippen LogP contribution < -0.4 is 10.9 Å². The zero-order chi connectivity index (χ0) is 24.2. The fraction of sp³-hybridized carbons (Fsp3) is 0.594. The van der Waals surface area contributed by atoms with Crippen LogP contribution in [0.15, 0.2) is 41.2 Å². The lowest BCUT2D eigenvalue weighted by Crippen LogP contribution is -2.36. The van der Waals surface area contributed by atoms with Crippen molar-refractivity contribution in [1.29, 1.82) is 0 Å². The molecule has 3 rings (SSSR count). The minimum Gasteiger partial charge on any atom is -0.305 e. The molecule has 0 N–H and O–H groups in total. The van der Waals surface area contributed by atoms with Crippen LogP contribution in [0, 0.1) is 0 Å². The Morgan fingerprint density at radius 2 is 1.15 bits per heavy atom. The van der Waals surface area contributed by atoms with Gasteiger partial charge in [-0.3, -0.25) is 4.79 Å². The summed E-state index contributed by atoms with van der Waals surface area (Å²) in [5.74, 6) is 0. The molecule has 0 fully saturated rings. The van der Waals surface area contributed by atoms with Gasteiger partial charge in [-0.2, -0.15) is 0 Å². The van der Waals surface area contributed by atoms with E-state index in [1.165, 1.54) is 89.9 Å². The van der Waals surface area contributed by atoms with Gasteiger partial charge in [-0.25, -0.2) is 0 Å². The molecule has 3 aromatic rings. The molecule has 186 valence electrons. The number of benzene rings is 2. The van der Waals surface area contributed by atoms with Crippen molar-refractivity contribution >= 4 is 28.1 Å². The average Bonchev–Trinajstić information content (AvgIpc) is 2.85. The quantitative estimate of drug-likeness (QED) is 0.184. The molecule has 0 radical (unpaired) electrons. The van der Waals surface area contributed by atoms with Crippen LogP contribution in [0.5, 0.6) is 0 Å². The first kappa shape index (κ1) is 26.5. The third-order valence-electron chi connectivity index (χ3n) is 7.60. The molecule has 0 unspecified atom stereocenters. The van der Waals surface area contributed by atoms with Crippen LogP contribution in [0.3, 0.4) is 0 Å². The van der Waals surface area contributed by atoms with Gasteiger partial charge in [0.15, 0.2) is 0 Å². The summed E-state index contributed by atoms with van der Waals surface area (Å²) in [6.45, 7) is 9.00. The van der Waals surface area contributed by atoms with E-state index in [0.717, 1.165) is 39.7 Å². The maximum atomic E-state index is 13.7. The lowest BCUT2D eigenvalue weighted by Gasteiger charge is -2.23. The second kappa shape index (κ2) is 14.3. The Morgan fingerprint density at radius 1 is 0.676 bits per heavy atom. The van der Waals surface area contributed by atoms with Gasteiger partial charge >= 0.3 is 0 Å². The van der Waals surface area contributed by atoms with Crippen molar-refractivity contribution in [3.8, 4) is 0 Å². The van der Waals surface area contributed by atoms with Gasteiger partial charge < -0.3 is 4.57 Å². The van der Waals surface area contributed by atoms with E-state index < -0.39 is 0 Å². The van der Waals surface area contributed by atoms with Crippen molar-refractivity contribution in [3.63, 3.8) is 0 Å². The van der Waals surface area contributed by atoms with Crippen LogP contribution in [-0.4, -0.2) is 4.57 Å². The standard InChI is InChI=1S/C32H47NO/c1-4-6-8-10-12-14-16-22-28(23-17-15-13-11-9-7-5-2)33-26(3)29-24-18-20-27-21-19-25-30(31(27)29)32(33)34/h18-21,24-25,28H,3-17,22-23H2,1-2H3. The van der Waals surface area contributed by atoms with Gasteiger partial charge in [-0.05, 0) is 24.3 Å². The Morgan fingerprint density at radius 3 is 1.68 bits per heavy atom. The molecule has 0 saturated carbocycles. The summed E-state index contributed by atoms with van der Waals surface area (Å²) in [5, 5.41) is 5.12. The number of rotatable bonds is 17. The first-order valence-electron chi connectivity index (χ1n) is 14.2. The molecule has 2 nitrogen and oxygen atoms in total. The lowest BCUT2D eigenvalue weighted by atomic mass is 9.97. The van der Waals surface area contributed by atoms with Gasteiger partial charge in [0, 0.05) is 27.5 Å². The first-order chi connectivity index (χ1) is 16.7. The highest BCUT2D eigenvalue weighted by Crippen LogP contribution is 2.26. The van der Waals surface area contributed by atoms with E-state index >= 15 is 0 Å². The van der Waals surface area contributed by atoms with Crippen molar-refractivity contribution < 1.29 is 0 Å². The van der Waals surface area contributed by atoms with Crippen molar-refractivity contribution in [2.75, 3.05) is 0 Å². The summed E-state index contributed by atoms with van der Waals surface area (Å²) in [6.07, 6.45) is 20.5. The van der Waals surface area contributed by atoms with E-state index in [4.69, 9.17) is 0 Å². The summed E-state index contributed by atoms with van der Waals surface area (Å²) in [7, 11) is 0. The summed E-state index contributed by atoms with van der Waals surface area (Å²) >= 11 is 0. The van der Waals surface area contributed by atoms with E-state index in [9.17, 15) is 4.79 Å². The molecule has 0 atom stereocenters. The Hall–Kier alpha value is -2.09. The Kier molecular flexibility index (Phi) is 11.2. The molecule has 1 heterocycles. The monoisotopic (exact) mass is 461 g/mol. The molecular formula is C32H47NO. The predicted octanol–water partition coefficient (Wildman–Crippen LogP) is 9.11. The highest BCUT2D eigenvalue weighted by Gasteiger charge is 2.17. The van der Waals surface area contributed by atoms with E-state index in [0.29, 0.717) is 0 Å². The van der Waals surface area contributed by atoms with E-state index in [1.807, 2.05) is 12.1 Å². The molecule has 0 bridgehead atoms. The van der Waals surface area contributed by atoms with Crippen molar-refractivity contribution in [3.05, 3.63) is 52.1 Å². The number of nitrogens with zero attached hydrogens (tertiary/aromatic N) is 1. The summed E-state index contributed by atoms with van der Waals surface area (Å²) < 4.78 is 2.07. The van der Waals surface area contributed by atoms with Gasteiger partial charge in [-0.15, -0.1) is 0 Å². The zero-order valence-corrected chi connectivity index (χ0v) is 21.9. The third kappa shape index (κ3) is 6.96. The second-order valence-corrected chi connectivity index (χ2v) is 10.3. The molecule has 0 saturated heterocycles. The Balaban J connectivity index is 1.76. The van der Waals surface area contributed by atoms with Gasteiger partial charge in [0.05, 0.1) is 0 Å². The molecule has 0 spiro atoms. The largest absolute Gasteiger partial charge is 0.305 e. The van der Waals surface area contributed by atoms with Gasteiger partial charge in [0.25, 0.3) is 5.56 Å². The highest BCUT2D eigenvalue weighted by molar-refractivity contribution is 6.09. The lowest BCUT2D eigenvalue weighted by molar-refractivity contribution is 0.382. The summed E-state index contributed by atoms with van der Waals surface area (Å²) in [6, 6.07) is 12.7. The topological polar surface area (TPSA) is 22.0 Å². The van der Waals surface area contributed by atoms with Crippen molar-refractivity contribution in [1.82, 2.24) is 4.57 Å². The van der Waals surface area contributed by atoms with Crippen LogP contribution >= 0.6 is 0 Å². The minimum atomic E-state index is 0.158. The number of pyridine rings is 1. The van der Waals surface area contributed by atoms with Crippen LogP contribution in [0.4, 0.5) is 0 Å². The number of hydrogen-bond donors (Lipinski definition) is 0. The molecular weight excluding hydrogens is 414 g/mol. The van der Waals surface area contributed by atoms with Crippen molar-refractivity contribution in [2.24, 2.45) is 0 Å². The van der Waals surface area contributed by atoms with E-state index in [2.05, 4.69) is 49.3 Å². The fourth-order valence-electron chi connectivity index (χ4n) is 5.60. The highest BCUT2D eigenvalue weighted by atomic mass is 16.1. The average molecular weight is 462 g/mol. The number of aromatic nitrogens is 1. The molecule has 2 aromatic carbocycles. The third-order valence-corrected chi connectivity index (χ3v) is 7.60. The normalized spacial score (nSPS) is 11.9. The maximum Gasteiger partial charge on any atom is 0.259 e. The molecule has 1 aromatic heterocycles. The van der Waals surface area contributed by atoms with Crippen LogP contribution in [0.25, 0.3) is 28.1 Å². The molecule has 0 aliphatic heterocycles. The number of unbranched alkanes of at least 4 members (excludes halogenated alkanes) is 12. The SMILES string of the molecule is C=c1c2cccc3cccc(c(=O)n1C(CCCCCCCCC)CCCCCCCCC)c32. The van der Waals surface area contributed by atoms with Crippen molar-refractivity contribution in [2.45, 2.75) is 123 Å². The van der Waals surface area contributed by atoms with E-state index in [1.54, 1.807) is 0 Å². The van der Waals surface area contributed by atoms with Gasteiger partial charge in [0.2, 0.25) is 0 Å². The fourth-order valence-corrected chi connectivity index (χ4v) is 5.60. The maximum absolute atomic E-state index is 13.7. The molecule has 0 amide bonds. The predicted molar refractivity (Wildman–Crippen MR) is 151 cm³/mol. The van der Waals surface area contributed by atoms with Gasteiger partial charge in [0.1, 0.15) is 0 Å². The zero-order valence-electron chi connectivity index (χ0n) is 21.9. The summed E-state index contributed by atoms with van der Waals surface area (Å²) in [4.78, 5) is 13.7. The molecule has 34 heavy (non-hydrogen) atoms. The van der Waals surface area contributed by atoms with Crippen LogP contribution in [-0.2, 0) is 0 Å².